The van der Waals surface area contributed by atoms with Crippen LogP contribution in [0.5, 0.6) is 11.5 Å². The van der Waals surface area contributed by atoms with Crippen LogP contribution in [0.4, 0.5) is 5.82 Å². The number of nitriles is 1. The van der Waals surface area contributed by atoms with Gasteiger partial charge in [-0.3, -0.25) is 51.7 Å². The number of methoxy groups -OCH3 is 2. The van der Waals surface area contributed by atoms with Gasteiger partial charge < -0.3 is 38.5 Å². The van der Waals surface area contributed by atoms with Crippen molar-refractivity contribution in [3.05, 3.63) is 236 Å². The number of rotatable bonds is 33. The molecular formula is C78H79N8O17P. The summed E-state index contributed by atoms with van der Waals surface area (Å²) in [6.45, 7) is 2.02. The van der Waals surface area contributed by atoms with Crippen LogP contribution in [-0.2, 0) is 68.3 Å². The summed E-state index contributed by atoms with van der Waals surface area (Å²) in [5, 5.41) is 12.6. The number of nitrogens with zero attached hydrogens (tertiary/aromatic N) is 6. The molecule has 26 heteroatoms. The monoisotopic (exact) mass is 1430 g/mol. The summed E-state index contributed by atoms with van der Waals surface area (Å²) >= 11 is 0. The third kappa shape index (κ3) is 16.9. The zero-order valence-corrected chi connectivity index (χ0v) is 58.8. The van der Waals surface area contributed by atoms with E-state index in [1.54, 1.807) is 50.0 Å². The first-order valence-electron chi connectivity index (χ1n) is 34.5. The molecule has 0 radical (unpaired) electrons. The largest absolute Gasteiger partial charge is 0.497 e. The van der Waals surface area contributed by atoms with Gasteiger partial charge in [0.1, 0.15) is 66.1 Å². The normalized spacial score (nSPS) is 18.2. The fourth-order valence-corrected chi connectivity index (χ4v) is 15.2. The number of hydrogen-bond acceptors (Lipinski definition) is 21. The molecule has 1 amide bonds. The number of hydrogen-bond donors (Lipinski definition) is 2. The maximum absolute atomic E-state index is 15.6. The van der Waals surface area contributed by atoms with Crippen LogP contribution in [0.3, 0.4) is 0 Å². The standard InChI is InChI=1S/C78H79N8O17P/c1-49-43-85(77(93)84-75(49)91)57-40-53(66(41-57)102-71(90)37-22-50(2)87)44-100-104(94,99-39-13-38-79)103-67-42-69(101-68(67)46-98-78(54-14-6-5-7-15-54,55-28-33-59(95-3)34-29-55)56-30-35-60(96-4)36-31-56)86-48-82-72-73(80-47-81-74(72)86)83-76(92)52-26-23-51(24-27-52)25-32-58(88)16-12-21-70(89)97-45-65-63-19-10-8-17-61(63)62-18-9-11-20-64(62)65/h5-11,14-15,17-20,23-24,26-31,33-36,43,47-48,53,57,65-69H,12-13,16,21-22,25,32,37,39-42,44-46H2,1-4H3,(H,84,91,93)(H,80,81,83,92)/t53-,57-,66?,67?,68-,69-,104?/m1/s1. The summed E-state index contributed by atoms with van der Waals surface area (Å²) in [6, 6.07) is 48.8. The Labute approximate surface area is 599 Å². The van der Waals surface area contributed by atoms with Crippen molar-refractivity contribution in [3.63, 3.8) is 0 Å². The molecule has 25 nitrogen and oxygen atoms in total. The number of esters is 2. The molecule has 2 aliphatic carbocycles. The van der Waals surface area contributed by atoms with E-state index in [2.05, 4.69) is 49.5 Å². The number of carbonyl (C=O) groups is 5. The second-order valence-electron chi connectivity index (χ2n) is 25.9. The molecule has 3 aromatic heterocycles. The van der Waals surface area contributed by atoms with Crippen LogP contribution in [0.25, 0.3) is 22.3 Å². The van der Waals surface area contributed by atoms with Gasteiger partial charge in [-0.25, -0.2) is 24.3 Å². The first-order valence-corrected chi connectivity index (χ1v) is 35.9. The average Bonchev–Trinajstić information content (AvgIpc) is 0.888. The molecule has 6 aromatic carbocycles. The van der Waals surface area contributed by atoms with E-state index in [0.717, 1.165) is 33.4 Å². The number of phosphoric ester groups is 1. The number of carbonyl (C=O) groups excluding carboxylic acids is 5. The number of aromatic amines is 1. The molecule has 0 bridgehead atoms. The highest BCUT2D eigenvalue weighted by molar-refractivity contribution is 7.48. The van der Waals surface area contributed by atoms with E-state index in [1.165, 1.54) is 30.3 Å². The minimum absolute atomic E-state index is 0.00104. The van der Waals surface area contributed by atoms with Gasteiger partial charge in [0.05, 0.1) is 59.3 Å². The summed E-state index contributed by atoms with van der Waals surface area (Å²) in [6.07, 6.45) is 0.835. The zero-order valence-electron chi connectivity index (χ0n) is 57.9. The van der Waals surface area contributed by atoms with Gasteiger partial charge in [0.25, 0.3) is 11.5 Å². The first-order chi connectivity index (χ1) is 50.4. The van der Waals surface area contributed by atoms with Crippen LogP contribution < -0.4 is 26.0 Å². The Bertz CT molecular complexity index is 4700. The molecule has 2 fully saturated rings. The Hall–Kier alpha value is -10.6. The van der Waals surface area contributed by atoms with E-state index in [4.69, 9.17) is 42.0 Å². The lowest BCUT2D eigenvalue weighted by molar-refractivity contribution is -0.152. The molecule has 538 valence electrons. The van der Waals surface area contributed by atoms with E-state index >= 15 is 4.57 Å². The van der Waals surface area contributed by atoms with Crippen LogP contribution in [0.15, 0.2) is 180 Å². The second kappa shape index (κ2) is 33.2. The minimum Gasteiger partial charge on any atom is -0.497 e. The van der Waals surface area contributed by atoms with E-state index in [1.807, 2.05) is 109 Å². The Kier molecular flexibility index (Phi) is 23.4. The van der Waals surface area contributed by atoms with Crippen LogP contribution in [0.2, 0.25) is 0 Å². The quantitative estimate of drug-likeness (QED) is 0.0167. The van der Waals surface area contributed by atoms with Gasteiger partial charge in [-0.05, 0) is 114 Å². The molecule has 3 aliphatic rings. The van der Waals surface area contributed by atoms with Crippen molar-refractivity contribution in [1.82, 2.24) is 29.1 Å². The minimum atomic E-state index is -4.83. The van der Waals surface area contributed by atoms with Gasteiger partial charge in [0.15, 0.2) is 17.0 Å². The lowest BCUT2D eigenvalue weighted by atomic mass is 9.80. The third-order valence-corrected chi connectivity index (χ3v) is 20.6. The van der Waals surface area contributed by atoms with E-state index in [9.17, 15) is 38.8 Å². The predicted molar refractivity (Wildman–Crippen MR) is 381 cm³/mol. The summed E-state index contributed by atoms with van der Waals surface area (Å²) in [7, 11) is -1.70. The number of ketones is 2. The molecule has 3 unspecified atom stereocenters. The van der Waals surface area contributed by atoms with Gasteiger partial charge in [-0.15, -0.1) is 0 Å². The molecular weight excluding hydrogens is 1350 g/mol. The van der Waals surface area contributed by atoms with Crippen LogP contribution in [-0.4, -0.2) is 117 Å². The summed E-state index contributed by atoms with van der Waals surface area (Å²) in [5.41, 5.74) is 5.80. The van der Waals surface area contributed by atoms with Crippen molar-refractivity contribution in [2.24, 2.45) is 5.92 Å². The Balaban J connectivity index is 0.766. The fourth-order valence-electron chi connectivity index (χ4n) is 13.7. The molecule has 0 spiro atoms. The number of phosphoric acid groups is 1. The smallest absolute Gasteiger partial charge is 0.475 e. The van der Waals surface area contributed by atoms with E-state index < -0.39 is 86.3 Å². The number of amides is 1. The maximum atomic E-state index is 15.6. The third-order valence-electron chi connectivity index (χ3n) is 19.1. The molecule has 1 saturated carbocycles. The topological polar surface area (TPSA) is 320 Å². The highest BCUT2D eigenvalue weighted by Crippen LogP contribution is 2.55. The van der Waals surface area contributed by atoms with Crippen molar-refractivity contribution in [1.29, 1.82) is 5.26 Å². The summed E-state index contributed by atoms with van der Waals surface area (Å²) in [5.74, 6) is -1.32. The number of Topliss-reactive ketones (excluding diaryl/α,β-unsaturated/α-hetero) is 2. The lowest BCUT2D eigenvalue weighted by Crippen LogP contribution is -2.38. The van der Waals surface area contributed by atoms with Gasteiger partial charge >= 0.3 is 25.5 Å². The van der Waals surface area contributed by atoms with Crippen LogP contribution in [0, 0.1) is 24.2 Å². The van der Waals surface area contributed by atoms with Crippen molar-refractivity contribution in [2.75, 3.05) is 46.0 Å². The highest BCUT2D eigenvalue weighted by atomic mass is 31.2. The molecule has 2 N–H and O–H groups in total. The number of fused-ring (bicyclic) bond motifs is 4. The number of aryl methyl sites for hydroxylation is 2. The summed E-state index contributed by atoms with van der Waals surface area (Å²) in [4.78, 5) is 107. The maximum Gasteiger partial charge on any atom is 0.475 e. The molecule has 104 heavy (non-hydrogen) atoms. The second-order valence-corrected chi connectivity index (χ2v) is 27.5. The van der Waals surface area contributed by atoms with E-state index in [-0.39, 0.29) is 117 Å². The molecule has 4 heterocycles. The highest BCUT2D eigenvalue weighted by Gasteiger charge is 2.48. The number of nitrogens with one attached hydrogen (secondary N) is 2. The van der Waals surface area contributed by atoms with Crippen molar-refractivity contribution in [3.8, 4) is 28.7 Å². The fraction of sp³-hybridized carbons (Fsp3) is 0.346. The number of imidazole rings is 1. The van der Waals surface area contributed by atoms with E-state index in [0.29, 0.717) is 41.0 Å². The number of ether oxygens (including phenoxy) is 6. The molecule has 9 aromatic rings. The Morgan fingerprint density at radius 1 is 0.702 bits per heavy atom. The van der Waals surface area contributed by atoms with Gasteiger partial charge in [-0.2, -0.15) is 5.26 Å². The summed E-state index contributed by atoms with van der Waals surface area (Å²) < 4.78 is 74.6. The van der Waals surface area contributed by atoms with Crippen molar-refractivity contribution in [2.45, 2.75) is 127 Å². The molecule has 12 rings (SSSR count). The van der Waals surface area contributed by atoms with Crippen molar-refractivity contribution >= 4 is 54.2 Å². The van der Waals surface area contributed by atoms with Gasteiger partial charge in [0.2, 0.25) is 0 Å². The number of benzene rings is 6. The molecule has 7 atom stereocenters. The Morgan fingerprint density at radius 2 is 1.37 bits per heavy atom. The first kappa shape index (κ1) is 73.2. The SMILES string of the molecule is COc1ccc(C(OC[C@H]2O[C@@H](n3cnc4c(NC(=O)c5ccc(CCC(=O)CCCC(=O)OCC6c7ccccc7-c7ccccc76)cc5)ncnc43)CC2OP(=O)(OCCC#N)OC[C@H]2C[C@@H](n3cc(C)c(=O)[nH]c3=O)CC2OC(=O)CCC(C)=O)(c2ccccc2)c2ccc(OC)cc2)cc1. The number of H-pyrrole nitrogens is 1. The number of anilines is 1. The molecule has 1 aliphatic heterocycles. The lowest BCUT2D eigenvalue weighted by Gasteiger charge is -2.37. The zero-order chi connectivity index (χ0) is 72.9. The van der Waals surface area contributed by atoms with Gasteiger partial charge in [-0.1, -0.05) is 115 Å². The average molecular weight is 1430 g/mol. The van der Waals surface area contributed by atoms with Crippen LogP contribution >= 0.6 is 7.82 Å². The Morgan fingerprint density at radius 3 is 2.03 bits per heavy atom. The van der Waals surface area contributed by atoms with Crippen LogP contribution in [0.1, 0.15) is 139 Å². The number of aromatic nitrogens is 6. The van der Waals surface area contributed by atoms with Gasteiger partial charge in [0, 0.05) is 73.7 Å². The molecule has 1 saturated heterocycles. The predicted octanol–water partition coefficient (Wildman–Crippen LogP) is 12.0. The van der Waals surface area contributed by atoms with Crippen molar-refractivity contribution < 1.29 is 70.5 Å².